The molecule has 34 heavy (non-hydrogen) atoms. The van der Waals surface area contributed by atoms with E-state index in [9.17, 15) is 14.0 Å². The number of aromatic nitrogens is 4. The highest BCUT2D eigenvalue weighted by molar-refractivity contribution is 6.00. The average molecular weight is 470 g/mol. The highest BCUT2D eigenvalue weighted by atomic mass is 19.1. The second-order valence-electron chi connectivity index (χ2n) is 8.84. The summed E-state index contributed by atoms with van der Waals surface area (Å²) in [5, 5.41) is 13.0. The zero-order valence-corrected chi connectivity index (χ0v) is 19.1. The molecular formula is C23H28FN7O3. The molecule has 0 bridgehead atoms. The largest absolute Gasteiger partial charge is 0.381 e. The van der Waals surface area contributed by atoms with Crippen LogP contribution >= 0.6 is 0 Å². The fourth-order valence-corrected chi connectivity index (χ4v) is 4.54. The smallest absolute Gasteiger partial charge is 0.274 e. The molecule has 3 aromatic heterocycles. The maximum Gasteiger partial charge on any atom is 0.274 e. The Bertz CT molecular complexity index is 1270. The maximum absolute atomic E-state index is 13.3. The van der Waals surface area contributed by atoms with Crippen molar-refractivity contribution in [2.45, 2.75) is 56.5 Å². The summed E-state index contributed by atoms with van der Waals surface area (Å²) in [6.07, 6.45) is 6.41. The molecule has 10 nitrogen and oxygen atoms in total. The number of nitrogens with one attached hydrogen (secondary N) is 3. The van der Waals surface area contributed by atoms with Crippen molar-refractivity contribution in [3.05, 3.63) is 46.5 Å². The number of rotatable bonds is 7. The zero-order chi connectivity index (χ0) is 23.8. The molecule has 1 amide bonds. The zero-order valence-electron chi connectivity index (χ0n) is 19.1. The molecule has 11 heteroatoms. The lowest BCUT2D eigenvalue weighted by atomic mass is 9.92. The topological polar surface area (TPSA) is 115 Å². The van der Waals surface area contributed by atoms with Gasteiger partial charge in [0.05, 0.1) is 18.3 Å². The van der Waals surface area contributed by atoms with Gasteiger partial charge >= 0.3 is 0 Å². The van der Waals surface area contributed by atoms with Crippen molar-refractivity contribution in [3.63, 3.8) is 0 Å². The minimum absolute atomic E-state index is 0.0724. The van der Waals surface area contributed by atoms with Gasteiger partial charge in [-0.25, -0.2) is 9.37 Å². The Balaban J connectivity index is 1.45. The van der Waals surface area contributed by atoms with Gasteiger partial charge in [-0.05, 0) is 37.8 Å². The minimum Gasteiger partial charge on any atom is -0.381 e. The van der Waals surface area contributed by atoms with Crippen molar-refractivity contribution in [2.24, 2.45) is 0 Å². The number of amides is 1. The van der Waals surface area contributed by atoms with Gasteiger partial charge in [-0.3, -0.25) is 9.59 Å². The van der Waals surface area contributed by atoms with Gasteiger partial charge < -0.3 is 25.3 Å². The summed E-state index contributed by atoms with van der Waals surface area (Å²) < 4.78 is 22.0. The molecule has 0 aromatic carbocycles. The lowest BCUT2D eigenvalue weighted by Gasteiger charge is -2.29. The quantitative estimate of drug-likeness (QED) is 0.487. The van der Waals surface area contributed by atoms with Gasteiger partial charge in [-0.15, -0.1) is 0 Å². The number of carbonyl (C=O) groups excluding carboxylic acids is 1. The summed E-state index contributed by atoms with van der Waals surface area (Å²) in [6.45, 7) is 0. The lowest BCUT2D eigenvalue weighted by molar-refractivity contribution is 0.0525. The van der Waals surface area contributed by atoms with E-state index in [2.05, 4.69) is 26.0 Å². The summed E-state index contributed by atoms with van der Waals surface area (Å²) in [5.74, 6) is 0.529. The fraction of sp³-hybridized carbons (Fsp3) is 0.478. The van der Waals surface area contributed by atoms with E-state index in [-0.39, 0.29) is 23.3 Å². The second kappa shape index (κ2) is 9.05. The molecule has 0 unspecified atom stereocenters. The van der Waals surface area contributed by atoms with E-state index in [0.717, 1.165) is 25.7 Å². The summed E-state index contributed by atoms with van der Waals surface area (Å²) in [6, 6.07) is 4.85. The molecule has 5 rings (SSSR count). The Morgan fingerprint density at radius 3 is 2.85 bits per heavy atom. The predicted octanol–water partition coefficient (Wildman–Crippen LogP) is 2.65. The van der Waals surface area contributed by atoms with E-state index in [1.54, 1.807) is 37.1 Å². The Hall–Kier alpha value is -3.47. The highest BCUT2D eigenvalue weighted by Crippen LogP contribution is 2.30. The maximum atomic E-state index is 13.3. The van der Waals surface area contributed by atoms with Crippen LogP contribution in [0.15, 0.2) is 35.4 Å². The Kier molecular flexibility index (Phi) is 5.94. The van der Waals surface area contributed by atoms with E-state index in [1.165, 1.54) is 10.7 Å². The van der Waals surface area contributed by atoms with Crippen LogP contribution in [0.2, 0.25) is 0 Å². The number of pyridine rings is 1. The summed E-state index contributed by atoms with van der Waals surface area (Å²) >= 11 is 0. The van der Waals surface area contributed by atoms with Gasteiger partial charge in [0.2, 0.25) is 0 Å². The van der Waals surface area contributed by atoms with Crippen LogP contribution in [0.4, 0.5) is 21.7 Å². The van der Waals surface area contributed by atoms with Gasteiger partial charge in [-0.2, -0.15) is 9.61 Å². The SMILES string of the molecule is CNc1cc(Nc2cccn([C@H]3CCC[C@@H](OC)C3)c2=O)nc2c(C(=O)N[C@@H]3C[C@@H]3F)cnn12. The van der Waals surface area contributed by atoms with Crippen molar-refractivity contribution >= 4 is 28.9 Å². The van der Waals surface area contributed by atoms with Gasteiger partial charge in [0.25, 0.3) is 11.5 Å². The summed E-state index contributed by atoms with van der Waals surface area (Å²) in [5.41, 5.74) is 0.766. The minimum atomic E-state index is -1.01. The van der Waals surface area contributed by atoms with Gasteiger partial charge in [0, 0.05) is 38.9 Å². The molecule has 3 aromatic rings. The standard InChI is InChI=1S/C23H28FN7O3/c1-25-20-11-19(29-21-15(12-26-31(20)21)22(32)28-18-10-16(18)24)27-17-7-4-8-30(23(17)33)13-5-3-6-14(9-13)34-2/h4,7-8,11-14,16,18,25H,3,5-6,9-10H2,1-2H3,(H,27,29)(H,28,32)/t13-,14+,16-,18+/m0/s1. The lowest BCUT2D eigenvalue weighted by Crippen LogP contribution is -2.31. The number of nitrogens with zero attached hydrogens (tertiary/aromatic N) is 4. The molecule has 2 fully saturated rings. The Morgan fingerprint density at radius 1 is 1.29 bits per heavy atom. The van der Waals surface area contributed by atoms with Crippen molar-refractivity contribution in [2.75, 3.05) is 24.8 Å². The number of fused-ring (bicyclic) bond motifs is 1. The predicted molar refractivity (Wildman–Crippen MR) is 126 cm³/mol. The summed E-state index contributed by atoms with van der Waals surface area (Å²) in [7, 11) is 3.43. The first-order valence-corrected chi connectivity index (χ1v) is 11.5. The molecule has 2 saturated carbocycles. The van der Waals surface area contributed by atoms with Crippen LogP contribution < -0.4 is 21.5 Å². The second-order valence-corrected chi connectivity index (χ2v) is 8.84. The summed E-state index contributed by atoms with van der Waals surface area (Å²) in [4.78, 5) is 30.4. The number of carbonyl (C=O) groups is 1. The van der Waals surface area contributed by atoms with Crippen LogP contribution in [-0.4, -0.2) is 57.5 Å². The number of anilines is 3. The van der Waals surface area contributed by atoms with Crippen LogP contribution in [0.3, 0.4) is 0 Å². The molecular weight excluding hydrogens is 441 g/mol. The molecule has 0 aliphatic heterocycles. The first-order valence-electron chi connectivity index (χ1n) is 11.5. The third-order valence-electron chi connectivity index (χ3n) is 6.56. The molecule has 2 aliphatic carbocycles. The van der Waals surface area contributed by atoms with Crippen LogP contribution in [0.1, 0.15) is 48.5 Å². The number of hydrogen-bond donors (Lipinski definition) is 3. The molecule has 0 spiro atoms. The normalized spacial score (nSPS) is 24.1. The highest BCUT2D eigenvalue weighted by Gasteiger charge is 2.39. The van der Waals surface area contributed by atoms with Crippen LogP contribution in [0.5, 0.6) is 0 Å². The average Bonchev–Trinajstić information content (AvgIpc) is 3.36. The third kappa shape index (κ3) is 4.23. The first kappa shape index (κ1) is 22.3. The Morgan fingerprint density at radius 2 is 2.12 bits per heavy atom. The molecule has 4 atom stereocenters. The van der Waals surface area contributed by atoms with Crippen LogP contribution in [-0.2, 0) is 4.74 Å². The number of alkyl halides is 1. The number of ether oxygens (including phenoxy) is 1. The monoisotopic (exact) mass is 469 g/mol. The van der Waals surface area contributed by atoms with Gasteiger partial charge in [-0.1, -0.05) is 0 Å². The molecule has 2 aliphatic rings. The molecule has 0 radical (unpaired) electrons. The molecule has 180 valence electrons. The van der Waals surface area contributed by atoms with E-state index < -0.39 is 18.1 Å². The van der Waals surface area contributed by atoms with Gasteiger partial charge in [0.1, 0.15) is 29.1 Å². The molecule has 3 N–H and O–H groups in total. The van der Waals surface area contributed by atoms with Crippen LogP contribution in [0.25, 0.3) is 5.65 Å². The van der Waals surface area contributed by atoms with E-state index in [1.807, 2.05) is 6.07 Å². The van der Waals surface area contributed by atoms with E-state index in [4.69, 9.17) is 4.74 Å². The first-order chi connectivity index (χ1) is 16.5. The molecule has 0 saturated heterocycles. The Labute approximate surface area is 195 Å². The van der Waals surface area contributed by atoms with Crippen molar-refractivity contribution in [1.29, 1.82) is 0 Å². The van der Waals surface area contributed by atoms with Crippen molar-refractivity contribution in [3.8, 4) is 0 Å². The molecule has 3 heterocycles. The number of hydrogen-bond acceptors (Lipinski definition) is 7. The van der Waals surface area contributed by atoms with E-state index >= 15 is 0 Å². The van der Waals surface area contributed by atoms with Gasteiger partial charge in [0.15, 0.2) is 5.65 Å². The van der Waals surface area contributed by atoms with Crippen molar-refractivity contribution < 1.29 is 13.9 Å². The third-order valence-corrected chi connectivity index (χ3v) is 6.56. The fourth-order valence-electron chi connectivity index (χ4n) is 4.54. The van der Waals surface area contributed by atoms with Crippen molar-refractivity contribution in [1.82, 2.24) is 24.5 Å². The number of methoxy groups -OCH3 is 1. The van der Waals surface area contributed by atoms with E-state index in [0.29, 0.717) is 29.4 Å². The van der Waals surface area contributed by atoms with Crippen LogP contribution in [0, 0.1) is 0 Å². The number of halogens is 1.